The molecule has 1 saturated heterocycles. The first kappa shape index (κ1) is 17.0. The molecule has 0 aromatic carbocycles. The lowest BCUT2D eigenvalue weighted by atomic mass is 9.97. The van der Waals surface area contributed by atoms with Gasteiger partial charge in [0.15, 0.2) is 11.5 Å². The average molecular weight is 370 g/mol. The van der Waals surface area contributed by atoms with E-state index in [0.717, 1.165) is 48.7 Å². The number of piperidine rings is 1. The summed E-state index contributed by atoms with van der Waals surface area (Å²) in [4.78, 5) is 15.6. The van der Waals surface area contributed by atoms with Crippen molar-refractivity contribution in [2.24, 2.45) is 0 Å². The fourth-order valence-corrected chi connectivity index (χ4v) is 3.93. The van der Waals surface area contributed by atoms with Crippen LogP contribution in [-0.2, 0) is 6.54 Å². The van der Waals surface area contributed by atoms with E-state index < -0.39 is 0 Å². The third kappa shape index (κ3) is 3.51. The fourth-order valence-electron chi connectivity index (χ4n) is 3.93. The summed E-state index contributed by atoms with van der Waals surface area (Å²) in [6, 6.07) is 12.3. The van der Waals surface area contributed by atoms with E-state index >= 15 is 0 Å². The third-order valence-corrected chi connectivity index (χ3v) is 5.37. The van der Waals surface area contributed by atoms with Crippen molar-refractivity contribution in [3.63, 3.8) is 0 Å². The predicted molar refractivity (Wildman–Crippen MR) is 108 cm³/mol. The van der Waals surface area contributed by atoms with Gasteiger partial charge in [0.1, 0.15) is 0 Å². The largest absolute Gasteiger partial charge is 0.298 e. The van der Waals surface area contributed by atoms with Gasteiger partial charge >= 0.3 is 0 Å². The predicted octanol–water partition coefficient (Wildman–Crippen LogP) is 3.57. The molecular formula is C22H22N6. The molecule has 0 aliphatic carbocycles. The van der Waals surface area contributed by atoms with Crippen LogP contribution in [0, 0.1) is 0 Å². The molecule has 5 rings (SSSR count). The van der Waals surface area contributed by atoms with Crippen molar-refractivity contribution in [2.45, 2.75) is 25.3 Å². The lowest BCUT2D eigenvalue weighted by molar-refractivity contribution is 0.196. The first-order valence-corrected chi connectivity index (χ1v) is 9.73. The highest BCUT2D eigenvalue weighted by atomic mass is 15.3. The van der Waals surface area contributed by atoms with Crippen molar-refractivity contribution in [3.05, 3.63) is 78.8 Å². The summed E-state index contributed by atoms with van der Waals surface area (Å²) < 4.78 is 1.90. The highest BCUT2D eigenvalue weighted by molar-refractivity contribution is 5.63. The molecule has 0 N–H and O–H groups in total. The molecule has 6 heteroatoms. The van der Waals surface area contributed by atoms with Crippen molar-refractivity contribution in [2.75, 3.05) is 13.1 Å². The lowest BCUT2D eigenvalue weighted by Crippen LogP contribution is -2.34. The van der Waals surface area contributed by atoms with E-state index in [4.69, 9.17) is 10.1 Å². The molecule has 0 amide bonds. The summed E-state index contributed by atoms with van der Waals surface area (Å²) in [5.74, 6) is 1.32. The molecule has 1 fully saturated rings. The quantitative estimate of drug-likeness (QED) is 0.550. The van der Waals surface area contributed by atoms with Crippen LogP contribution in [0.2, 0.25) is 0 Å². The number of pyridine rings is 3. The highest BCUT2D eigenvalue weighted by Crippen LogP contribution is 2.27. The Hall–Kier alpha value is -3.12. The van der Waals surface area contributed by atoms with Gasteiger partial charge in [-0.15, -0.1) is 0 Å². The minimum absolute atomic E-state index is 0.373. The van der Waals surface area contributed by atoms with Gasteiger partial charge in [-0.2, -0.15) is 5.10 Å². The van der Waals surface area contributed by atoms with Gasteiger partial charge in [-0.1, -0.05) is 6.07 Å². The molecular weight excluding hydrogens is 348 g/mol. The van der Waals surface area contributed by atoms with Gasteiger partial charge in [0.2, 0.25) is 0 Å². The zero-order chi connectivity index (χ0) is 18.8. The monoisotopic (exact) mass is 370 g/mol. The Bertz CT molecular complexity index is 1060. The van der Waals surface area contributed by atoms with Gasteiger partial charge in [0.05, 0.1) is 0 Å². The Morgan fingerprint density at radius 3 is 2.75 bits per heavy atom. The zero-order valence-corrected chi connectivity index (χ0v) is 15.6. The van der Waals surface area contributed by atoms with E-state index in [1.165, 1.54) is 12.0 Å². The Morgan fingerprint density at radius 2 is 1.89 bits per heavy atom. The van der Waals surface area contributed by atoms with Crippen LogP contribution in [0.1, 0.15) is 30.1 Å². The second-order valence-electron chi connectivity index (χ2n) is 7.36. The second-order valence-corrected chi connectivity index (χ2v) is 7.36. The van der Waals surface area contributed by atoms with Crippen LogP contribution in [0.15, 0.2) is 67.4 Å². The Morgan fingerprint density at radius 1 is 0.964 bits per heavy atom. The van der Waals surface area contributed by atoms with Crippen LogP contribution in [0.25, 0.3) is 16.8 Å². The van der Waals surface area contributed by atoms with Crippen LogP contribution in [-0.4, -0.2) is 42.6 Å². The summed E-state index contributed by atoms with van der Waals surface area (Å²) >= 11 is 0. The molecule has 1 unspecified atom stereocenters. The van der Waals surface area contributed by atoms with Gasteiger partial charge in [-0.05, 0) is 55.3 Å². The maximum Gasteiger partial charge on any atom is 0.156 e. The molecule has 5 heterocycles. The molecule has 0 radical (unpaired) electrons. The Labute approximate surface area is 163 Å². The summed E-state index contributed by atoms with van der Waals surface area (Å²) in [6.45, 7) is 3.07. The van der Waals surface area contributed by atoms with Crippen molar-refractivity contribution in [1.82, 2.24) is 29.5 Å². The van der Waals surface area contributed by atoms with Crippen LogP contribution < -0.4 is 0 Å². The first-order valence-electron chi connectivity index (χ1n) is 9.73. The molecule has 0 bridgehead atoms. The minimum atomic E-state index is 0.373. The lowest BCUT2D eigenvalue weighted by Gasteiger charge is -2.31. The summed E-state index contributed by atoms with van der Waals surface area (Å²) in [5, 5.41) is 4.81. The van der Waals surface area contributed by atoms with Gasteiger partial charge < -0.3 is 0 Å². The molecule has 1 aliphatic rings. The van der Waals surface area contributed by atoms with Crippen molar-refractivity contribution in [1.29, 1.82) is 0 Å². The van der Waals surface area contributed by atoms with E-state index in [1.54, 1.807) is 6.20 Å². The molecule has 0 saturated carbocycles. The summed E-state index contributed by atoms with van der Waals surface area (Å²) in [6.07, 6.45) is 11.7. The number of likely N-dealkylation sites (tertiary alicyclic amines) is 1. The summed E-state index contributed by atoms with van der Waals surface area (Å²) in [5.41, 5.74) is 4.39. The van der Waals surface area contributed by atoms with Crippen LogP contribution in [0.5, 0.6) is 0 Å². The van der Waals surface area contributed by atoms with Gasteiger partial charge in [0, 0.05) is 61.1 Å². The molecule has 4 aromatic heterocycles. The molecule has 140 valence electrons. The number of hydrogen-bond donors (Lipinski definition) is 0. The van der Waals surface area contributed by atoms with Crippen molar-refractivity contribution < 1.29 is 0 Å². The number of nitrogens with zero attached hydrogens (tertiary/aromatic N) is 6. The van der Waals surface area contributed by atoms with Gasteiger partial charge in [-0.3, -0.25) is 14.9 Å². The number of aromatic nitrogens is 5. The second kappa shape index (κ2) is 7.48. The fraction of sp³-hybridized carbons (Fsp3) is 0.273. The van der Waals surface area contributed by atoms with E-state index in [2.05, 4.69) is 39.1 Å². The molecule has 4 aromatic rings. The number of hydrogen-bond acceptors (Lipinski definition) is 5. The standard InChI is InChI=1S/C22H22N6/c1-3-18(13-24-9-1)19-5-6-21-25-22(26-28(21)16-19)20-4-2-12-27(15-20)14-17-7-10-23-11-8-17/h1,3,5-11,13,16,20H,2,4,12,14-15H2. The highest BCUT2D eigenvalue weighted by Gasteiger charge is 2.24. The van der Waals surface area contributed by atoms with Crippen molar-refractivity contribution in [3.8, 4) is 11.1 Å². The van der Waals surface area contributed by atoms with E-state index in [9.17, 15) is 0 Å². The zero-order valence-electron chi connectivity index (χ0n) is 15.6. The first-order chi connectivity index (χ1) is 13.8. The van der Waals surface area contributed by atoms with E-state index in [1.807, 2.05) is 41.4 Å². The van der Waals surface area contributed by atoms with Gasteiger partial charge in [-0.25, -0.2) is 9.50 Å². The smallest absolute Gasteiger partial charge is 0.156 e. The molecule has 0 spiro atoms. The topological polar surface area (TPSA) is 59.2 Å². The summed E-state index contributed by atoms with van der Waals surface area (Å²) in [7, 11) is 0. The molecule has 1 atom stereocenters. The van der Waals surface area contributed by atoms with Crippen LogP contribution >= 0.6 is 0 Å². The van der Waals surface area contributed by atoms with Crippen LogP contribution in [0.3, 0.4) is 0 Å². The third-order valence-electron chi connectivity index (χ3n) is 5.37. The average Bonchev–Trinajstić information content (AvgIpc) is 3.19. The van der Waals surface area contributed by atoms with Gasteiger partial charge in [0.25, 0.3) is 0 Å². The van der Waals surface area contributed by atoms with Crippen LogP contribution in [0.4, 0.5) is 0 Å². The SMILES string of the molecule is c1cncc(-c2ccc3nc(C4CCCN(Cc5ccncc5)C4)nn3c2)c1. The Kier molecular flexibility index (Phi) is 4.54. The minimum Gasteiger partial charge on any atom is -0.298 e. The number of rotatable bonds is 4. The maximum atomic E-state index is 4.81. The molecule has 1 aliphatic heterocycles. The van der Waals surface area contributed by atoms with E-state index in [-0.39, 0.29) is 0 Å². The normalized spacial score (nSPS) is 17.8. The van der Waals surface area contributed by atoms with E-state index in [0.29, 0.717) is 5.92 Å². The number of fused-ring (bicyclic) bond motifs is 1. The molecule has 6 nitrogen and oxygen atoms in total. The van der Waals surface area contributed by atoms with Crippen molar-refractivity contribution >= 4 is 5.65 Å². The Balaban J connectivity index is 1.36. The molecule has 28 heavy (non-hydrogen) atoms. The maximum absolute atomic E-state index is 4.81.